The lowest BCUT2D eigenvalue weighted by Gasteiger charge is -2.49. The third kappa shape index (κ3) is 3.27. The van der Waals surface area contributed by atoms with Crippen LogP contribution in [0.25, 0.3) is 6.08 Å². The molecule has 1 nitrogen and oxygen atoms in total. The minimum absolute atomic E-state index is 0.191. The minimum atomic E-state index is 0.191. The molecule has 2 aliphatic rings. The fourth-order valence-corrected chi connectivity index (χ4v) is 4.87. The number of hydrogen-bond acceptors (Lipinski definition) is 1. The predicted molar refractivity (Wildman–Crippen MR) is 92.1 cm³/mol. The molecule has 0 aromatic heterocycles. The first-order valence-corrected chi connectivity index (χ1v) is 8.86. The summed E-state index contributed by atoms with van der Waals surface area (Å²) in [7, 11) is 0. The molecule has 116 valence electrons. The monoisotopic (exact) mass is 293 g/mol. The second-order valence-electron chi connectivity index (χ2n) is 7.47. The number of allylic oxidation sites excluding steroid dienone is 1. The smallest absolute Gasteiger partial charge is 0.0653 e. The summed E-state index contributed by atoms with van der Waals surface area (Å²) in [5.74, 6) is 1.04. The van der Waals surface area contributed by atoms with Crippen molar-refractivity contribution in [2.75, 3.05) is 0 Å². The van der Waals surface area contributed by atoms with Gasteiger partial charge in [0.05, 0.1) is 6.07 Å². The fourth-order valence-electron chi connectivity index (χ4n) is 4.87. The Hall–Kier alpha value is -1.55. The number of fused-ring (bicyclic) bond motifs is 1. The Labute approximate surface area is 135 Å². The van der Waals surface area contributed by atoms with Crippen molar-refractivity contribution in [3.05, 3.63) is 41.5 Å². The summed E-state index contributed by atoms with van der Waals surface area (Å²) < 4.78 is 0. The van der Waals surface area contributed by atoms with Crippen LogP contribution in [0.15, 0.2) is 35.9 Å². The average molecular weight is 293 g/mol. The van der Waals surface area contributed by atoms with Gasteiger partial charge < -0.3 is 0 Å². The molecule has 0 N–H and O–H groups in total. The van der Waals surface area contributed by atoms with Gasteiger partial charge in [0.15, 0.2) is 0 Å². The lowest BCUT2D eigenvalue weighted by atomic mass is 9.55. The highest BCUT2D eigenvalue weighted by Crippen LogP contribution is 2.55. The molecule has 3 atom stereocenters. The summed E-state index contributed by atoms with van der Waals surface area (Å²) in [4.78, 5) is 0. The quantitative estimate of drug-likeness (QED) is 0.672. The number of benzene rings is 1. The minimum Gasteiger partial charge on any atom is -0.198 e. The SMILES string of the molecule is CC(C#N)CC12CCCCC1CCC(=Cc1ccccc1)C2. The van der Waals surface area contributed by atoms with Crippen molar-refractivity contribution in [3.8, 4) is 6.07 Å². The van der Waals surface area contributed by atoms with Crippen molar-refractivity contribution in [1.82, 2.24) is 0 Å². The highest BCUT2D eigenvalue weighted by atomic mass is 14.5. The maximum absolute atomic E-state index is 9.29. The van der Waals surface area contributed by atoms with Crippen LogP contribution in [-0.4, -0.2) is 0 Å². The second-order valence-corrected chi connectivity index (χ2v) is 7.47. The molecular weight excluding hydrogens is 266 g/mol. The van der Waals surface area contributed by atoms with Gasteiger partial charge in [0, 0.05) is 5.92 Å². The molecule has 3 unspecified atom stereocenters. The summed E-state index contributed by atoms with van der Waals surface area (Å²) in [6, 6.07) is 13.2. The molecule has 22 heavy (non-hydrogen) atoms. The van der Waals surface area contributed by atoms with Crippen LogP contribution in [0.3, 0.4) is 0 Å². The van der Waals surface area contributed by atoms with Crippen molar-refractivity contribution in [3.63, 3.8) is 0 Å². The maximum Gasteiger partial charge on any atom is 0.0653 e. The Morgan fingerprint density at radius 1 is 1.27 bits per heavy atom. The summed E-state index contributed by atoms with van der Waals surface area (Å²) in [6.07, 6.45) is 12.8. The lowest BCUT2D eigenvalue weighted by molar-refractivity contribution is 0.0492. The van der Waals surface area contributed by atoms with E-state index < -0.39 is 0 Å². The van der Waals surface area contributed by atoms with Crippen LogP contribution in [-0.2, 0) is 0 Å². The summed E-state index contributed by atoms with van der Waals surface area (Å²) in [5.41, 5.74) is 3.34. The van der Waals surface area contributed by atoms with E-state index in [0.29, 0.717) is 5.41 Å². The second kappa shape index (κ2) is 6.69. The van der Waals surface area contributed by atoms with Crippen molar-refractivity contribution in [2.45, 2.75) is 58.3 Å². The largest absolute Gasteiger partial charge is 0.198 e. The normalized spacial score (nSPS) is 31.3. The van der Waals surface area contributed by atoms with E-state index in [0.717, 1.165) is 12.3 Å². The molecule has 2 aliphatic carbocycles. The molecule has 1 aromatic carbocycles. The van der Waals surface area contributed by atoms with Gasteiger partial charge in [-0.25, -0.2) is 0 Å². The van der Waals surface area contributed by atoms with Gasteiger partial charge in [0.25, 0.3) is 0 Å². The first kappa shape index (κ1) is 15.3. The molecule has 0 aliphatic heterocycles. The van der Waals surface area contributed by atoms with Crippen LogP contribution >= 0.6 is 0 Å². The van der Waals surface area contributed by atoms with Gasteiger partial charge in [-0.15, -0.1) is 0 Å². The molecule has 3 rings (SSSR count). The molecule has 0 heterocycles. The Bertz CT molecular complexity index is 565. The third-order valence-electron chi connectivity index (χ3n) is 5.84. The van der Waals surface area contributed by atoms with Crippen LogP contribution < -0.4 is 0 Å². The highest BCUT2D eigenvalue weighted by Gasteiger charge is 2.44. The highest BCUT2D eigenvalue weighted by molar-refractivity contribution is 5.53. The zero-order chi connectivity index (χ0) is 15.4. The summed E-state index contributed by atoms with van der Waals surface area (Å²) in [6.45, 7) is 2.11. The first-order chi connectivity index (χ1) is 10.7. The molecule has 0 saturated heterocycles. The Morgan fingerprint density at radius 2 is 2.09 bits per heavy atom. The summed E-state index contributed by atoms with van der Waals surface area (Å²) in [5, 5.41) is 9.29. The van der Waals surface area contributed by atoms with E-state index in [1.54, 1.807) is 5.57 Å². The molecule has 2 saturated carbocycles. The Kier molecular flexibility index (Phi) is 4.67. The molecule has 0 spiro atoms. The van der Waals surface area contributed by atoms with Crippen LogP contribution in [0.2, 0.25) is 0 Å². The van der Waals surface area contributed by atoms with Gasteiger partial charge in [-0.2, -0.15) is 5.26 Å². The molecule has 1 heteroatoms. The average Bonchev–Trinajstić information content (AvgIpc) is 2.55. The van der Waals surface area contributed by atoms with Gasteiger partial charge in [-0.3, -0.25) is 0 Å². The van der Waals surface area contributed by atoms with Crippen molar-refractivity contribution < 1.29 is 0 Å². The van der Waals surface area contributed by atoms with E-state index in [2.05, 4.69) is 49.4 Å². The zero-order valence-corrected chi connectivity index (χ0v) is 13.7. The van der Waals surface area contributed by atoms with Crippen molar-refractivity contribution in [1.29, 1.82) is 5.26 Å². The van der Waals surface area contributed by atoms with E-state index in [1.165, 1.54) is 50.5 Å². The van der Waals surface area contributed by atoms with Gasteiger partial charge in [-0.1, -0.05) is 54.8 Å². The van der Waals surface area contributed by atoms with Crippen LogP contribution in [0.5, 0.6) is 0 Å². The summed E-state index contributed by atoms with van der Waals surface area (Å²) >= 11 is 0. The van der Waals surface area contributed by atoms with Gasteiger partial charge in [0.2, 0.25) is 0 Å². The number of rotatable bonds is 3. The maximum atomic E-state index is 9.29. The van der Waals surface area contributed by atoms with Crippen molar-refractivity contribution >= 4 is 6.08 Å². The van der Waals surface area contributed by atoms with E-state index in [-0.39, 0.29) is 5.92 Å². The molecule has 0 bridgehead atoms. The van der Waals surface area contributed by atoms with E-state index >= 15 is 0 Å². The first-order valence-electron chi connectivity index (χ1n) is 8.86. The van der Waals surface area contributed by atoms with Crippen LogP contribution in [0, 0.1) is 28.6 Å². The zero-order valence-electron chi connectivity index (χ0n) is 13.7. The van der Waals surface area contributed by atoms with Gasteiger partial charge in [-0.05, 0) is 62.3 Å². The lowest BCUT2D eigenvalue weighted by Crippen LogP contribution is -2.38. The molecule has 1 aromatic rings. The van der Waals surface area contributed by atoms with Gasteiger partial charge in [0.1, 0.15) is 0 Å². The van der Waals surface area contributed by atoms with Crippen LogP contribution in [0.1, 0.15) is 63.9 Å². The number of hydrogen-bond donors (Lipinski definition) is 0. The molecule has 2 fully saturated rings. The van der Waals surface area contributed by atoms with Gasteiger partial charge >= 0.3 is 0 Å². The Morgan fingerprint density at radius 3 is 2.86 bits per heavy atom. The van der Waals surface area contributed by atoms with Crippen LogP contribution in [0.4, 0.5) is 0 Å². The van der Waals surface area contributed by atoms with Crippen molar-refractivity contribution in [2.24, 2.45) is 17.3 Å². The molecular formula is C21H27N. The third-order valence-corrected chi connectivity index (χ3v) is 5.84. The standard InChI is InChI=1S/C21H27N/c1-17(16-22)14-21-12-6-5-9-20(21)11-10-19(15-21)13-18-7-3-2-4-8-18/h2-4,7-8,13,17,20H,5-6,9-12,14-15H2,1H3. The number of nitrogens with zero attached hydrogens (tertiary/aromatic N) is 1. The topological polar surface area (TPSA) is 23.8 Å². The predicted octanol–water partition coefficient (Wildman–Crippen LogP) is 5.98. The fraction of sp³-hybridized carbons (Fsp3) is 0.571. The van der Waals surface area contributed by atoms with E-state index in [4.69, 9.17) is 0 Å². The Balaban J connectivity index is 1.83. The van der Waals surface area contributed by atoms with E-state index in [1.807, 2.05) is 0 Å². The molecule has 0 radical (unpaired) electrons. The molecule has 0 amide bonds. The number of nitriles is 1. The van der Waals surface area contributed by atoms with E-state index in [9.17, 15) is 5.26 Å².